The van der Waals surface area contributed by atoms with Crippen LogP contribution in [0.5, 0.6) is 0 Å². The molecule has 0 heterocycles. The van der Waals surface area contributed by atoms with Crippen LogP contribution in [0.4, 0.5) is 8.78 Å². The number of benzene rings is 1. The SMILES string of the molecule is CC(C)(CC(Br)c1ccccc1)C(=O)OCC(C)(CO)C(=O)OCC(O)(F)F. The highest BCUT2D eigenvalue weighted by molar-refractivity contribution is 9.09. The van der Waals surface area contributed by atoms with Crippen molar-refractivity contribution in [1.29, 1.82) is 0 Å². The van der Waals surface area contributed by atoms with E-state index in [0.717, 1.165) is 5.56 Å². The van der Waals surface area contributed by atoms with Crippen molar-refractivity contribution in [3.8, 4) is 0 Å². The van der Waals surface area contributed by atoms with Gasteiger partial charge in [0.15, 0.2) is 6.61 Å². The molecule has 2 N–H and O–H groups in total. The molecule has 0 amide bonds. The van der Waals surface area contributed by atoms with Gasteiger partial charge in [-0.05, 0) is 32.8 Å². The molecule has 0 aromatic heterocycles. The fourth-order valence-corrected chi connectivity index (χ4v) is 3.34. The lowest BCUT2D eigenvalue weighted by atomic mass is 9.86. The van der Waals surface area contributed by atoms with Crippen LogP contribution in [0.3, 0.4) is 0 Å². The maximum Gasteiger partial charge on any atom is 0.387 e. The third-order valence-electron chi connectivity index (χ3n) is 4.14. The van der Waals surface area contributed by atoms with Gasteiger partial charge in [0.05, 0.1) is 12.0 Å². The Labute approximate surface area is 171 Å². The number of alkyl halides is 3. The van der Waals surface area contributed by atoms with E-state index in [1.807, 2.05) is 30.3 Å². The summed E-state index contributed by atoms with van der Waals surface area (Å²) in [6.07, 6.45) is -3.79. The number of ether oxygens (including phenoxy) is 2. The van der Waals surface area contributed by atoms with Crippen molar-refractivity contribution in [2.75, 3.05) is 19.8 Å². The highest BCUT2D eigenvalue weighted by atomic mass is 79.9. The maximum atomic E-state index is 12.5. The van der Waals surface area contributed by atoms with E-state index in [2.05, 4.69) is 20.7 Å². The monoisotopic (exact) mass is 466 g/mol. The summed E-state index contributed by atoms with van der Waals surface area (Å²) >= 11 is 3.54. The highest BCUT2D eigenvalue weighted by Gasteiger charge is 2.40. The standard InChI is InChI=1S/C19H25BrF2O6/c1-17(2,9-14(20)13-7-5-4-6-8-13)15(24)27-11-18(3,10-23)16(25)28-12-19(21,22)26/h4-8,14,23,26H,9-12H2,1-3H3. The number of carbonyl (C=O) groups is 2. The predicted octanol–water partition coefficient (Wildman–Crippen LogP) is 3.21. The topological polar surface area (TPSA) is 93.1 Å². The molecule has 1 aromatic carbocycles. The molecule has 28 heavy (non-hydrogen) atoms. The largest absolute Gasteiger partial charge is 0.464 e. The molecule has 0 aliphatic rings. The van der Waals surface area contributed by atoms with Crippen molar-refractivity contribution in [2.45, 2.75) is 38.1 Å². The Morgan fingerprint density at radius 2 is 1.61 bits per heavy atom. The normalized spacial score (nSPS) is 15.4. The highest BCUT2D eigenvalue weighted by Crippen LogP contribution is 2.37. The lowest BCUT2D eigenvalue weighted by molar-refractivity contribution is -0.235. The number of aliphatic hydroxyl groups is 2. The third-order valence-corrected chi connectivity index (χ3v) is 5.00. The summed E-state index contributed by atoms with van der Waals surface area (Å²) in [5.41, 5.74) is -1.68. The van der Waals surface area contributed by atoms with Crippen LogP contribution in [-0.4, -0.2) is 48.1 Å². The molecule has 0 saturated carbocycles. The van der Waals surface area contributed by atoms with Crippen LogP contribution in [0.2, 0.25) is 0 Å². The Bertz CT molecular complexity index is 662. The van der Waals surface area contributed by atoms with Gasteiger partial charge >= 0.3 is 18.0 Å². The molecule has 158 valence electrons. The van der Waals surface area contributed by atoms with Crippen molar-refractivity contribution >= 4 is 27.9 Å². The first kappa shape index (κ1) is 24.5. The van der Waals surface area contributed by atoms with Crippen LogP contribution < -0.4 is 0 Å². The summed E-state index contributed by atoms with van der Waals surface area (Å²) in [5, 5.41) is 17.8. The van der Waals surface area contributed by atoms with Gasteiger partial charge in [-0.1, -0.05) is 46.3 Å². The maximum absolute atomic E-state index is 12.5. The van der Waals surface area contributed by atoms with Gasteiger partial charge in [-0.2, -0.15) is 8.78 Å². The minimum Gasteiger partial charge on any atom is -0.464 e. The number of aliphatic hydroxyl groups excluding tert-OH is 1. The second-order valence-electron chi connectivity index (χ2n) is 7.50. The van der Waals surface area contributed by atoms with Gasteiger partial charge in [0.2, 0.25) is 0 Å². The fraction of sp³-hybridized carbons (Fsp3) is 0.579. The second-order valence-corrected chi connectivity index (χ2v) is 8.61. The third kappa shape index (κ3) is 7.44. The molecule has 1 aromatic rings. The van der Waals surface area contributed by atoms with E-state index in [0.29, 0.717) is 6.42 Å². The minimum atomic E-state index is -4.19. The predicted molar refractivity (Wildman–Crippen MR) is 101 cm³/mol. The van der Waals surface area contributed by atoms with Crippen molar-refractivity contribution in [3.05, 3.63) is 35.9 Å². The molecule has 6 nitrogen and oxygen atoms in total. The molecular formula is C19H25BrF2O6. The Morgan fingerprint density at radius 3 is 2.11 bits per heavy atom. The smallest absolute Gasteiger partial charge is 0.387 e. The van der Waals surface area contributed by atoms with Gasteiger partial charge in [-0.15, -0.1) is 0 Å². The molecule has 0 fully saturated rings. The zero-order valence-electron chi connectivity index (χ0n) is 16.0. The molecule has 0 aliphatic heterocycles. The average molecular weight is 467 g/mol. The van der Waals surface area contributed by atoms with Crippen molar-refractivity contribution in [3.63, 3.8) is 0 Å². The molecule has 0 aliphatic carbocycles. The van der Waals surface area contributed by atoms with Crippen molar-refractivity contribution in [1.82, 2.24) is 0 Å². The van der Waals surface area contributed by atoms with Crippen LogP contribution in [0, 0.1) is 10.8 Å². The van der Waals surface area contributed by atoms with E-state index < -0.39 is 48.7 Å². The average Bonchev–Trinajstić information content (AvgIpc) is 2.63. The fourth-order valence-electron chi connectivity index (χ4n) is 2.23. The molecular weight excluding hydrogens is 442 g/mol. The number of hydrogen-bond donors (Lipinski definition) is 2. The number of carbonyl (C=O) groups excluding carboxylic acids is 2. The number of esters is 2. The minimum absolute atomic E-state index is 0.114. The van der Waals surface area contributed by atoms with Gasteiger partial charge in [-0.25, -0.2) is 0 Å². The zero-order chi connectivity index (χ0) is 21.6. The Hall–Kier alpha value is -1.58. The molecule has 0 bridgehead atoms. The summed E-state index contributed by atoms with van der Waals surface area (Å²) in [5.74, 6) is -1.83. The second kappa shape index (κ2) is 9.76. The molecule has 0 spiro atoms. The van der Waals surface area contributed by atoms with Crippen LogP contribution in [0.25, 0.3) is 0 Å². The van der Waals surface area contributed by atoms with Gasteiger partial charge < -0.3 is 19.7 Å². The van der Waals surface area contributed by atoms with Crippen LogP contribution >= 0.6 is 15.9 Å². The van der Waals surface area contributed by atoms with Gasteiger partial charge in [0.1, 0.15) is 12.0 Å². The quantitative estimate of drug-likeness (QED) is 0.406. The lowest BCUT2D eigenvalue weighted by Gasteiger charge is -2.29. The molecule has 1 rings (SSSR count). The Kier molecular flexibility index (Phi) is 8.52. The summed E-state index contributed by atoms with van der Waals surface area (Å²) in [6, 6.07) is 9.46. The first-order valence-electron chi connectivity index (χ1n) is 8.55. The molecule has 9 heteroatoms. The molecule has 2 unspecified atom stereocenters. The van der Waals surface area contributed by atoms with E-state index >= 15 is 0 Å². The summed E-state index contributed by atoms with van der Waals surface area (Å²) < 4.78 is 34.4. The molecule has 0 saturated heterocycles. The van der Waals surface area contributed by atoms with Gasteiger partial charge in [-0.3, -0.25) is 9.59 Å². The first-order chi connectivity index (χ1) is 12.8. The van der Waals surface area contributed by atoms with Crippen molar-refractivity contribution in [2.24, 2.45) is 10.8 Å². The number of rotatable bonds is 10. The summed E-state index contributed by atoms with van der Waals surface area (Å²) in [7, 11) is 0. The van der Waals surface area contributed by atoms with Crippen molar-refractivity contribution < 1.29 is 38.1 Å². The van der Waals surface area contributed by atoms with E-state index in [9.17, 15) is 23.5 Å². The van der Waals surface area contributed by atoms with E-state index in [4.69, 9.17) is 9.84 Å². The summed E-state index contributed by atoms with van der Waals surface area (Å²) in [4.78, 5) is 24.3. The number of halogens is 3. The molecule has 0 radical (unpaired) electrons. The lowest BCUT2D eigenvalue weighted by Crippen LogP contribution is -2.42. The first-order valence-corrected chi connectivity index (χ1v) is 9.47. The van der Waals surface area contributed by atoms with Crippen LogP contribution in [-0.2, 0) is 19.1 Å². The van der Waals surface area contributed by atoms with E-state index in [1.54, 1.807) is 13.8 Å². The Morgan fingerprint density at radius 1 is 1.07 bits per heavy atom. The van der Waals surface area contributed by atoms with E-state index in [1.165, 1.54) is 6.92 Å². The van der Waals surface area contributed by atoms with Crippen LogP contribution in [0.1, 0.15) is 37.6 Å². The van der Waals surface area contributed by atoms with Gasteiger partial charge in [0, 0.05) is 4.83 Å². The zero-order valence-corrected chi connectivity index (χ0v) is 17.5. The number of hydrogen-bond acceptors (Lipinski definition) is 6. The van der Waals surface area contributed by atoms with Gasteiger partial charge in [0.25, 0.3) is 0 Å². The van der Waals surface area contributed by atoms with E-state index in [-0.39, 0.29) is 4.83 Å². The Balaban J connectivity index is 2.69. The molecule has 2 atom stereocenters. The summed E-state index contributed by atoms with van der Waals surface area (Å²) in [6.45, 7) is 1.66. The van der Waals surface area contributed by atoms with Crippen LogP contribution in [0.15, 0.2) is 30.3 Å².